The van der Waals surface area contributed by atoms with Crippen LogP contribution in [0.25, 0.3) is 0 Å². The lowest BCUT2D eigenvalue weighted by molar-refractivity contribution is 0.131. The lowest BCUT2D eigenvalue weighted by Gasteiger charge is -2.15. The Morgan fingerprint density at radius 3 is 2.96 bits per heavy atom. The summed E-state index contributed by atoms with van der Waals surface area (Å²) in [6, 6.07) is 4.63. The number of aliphatic hydroxyl groups excluding tert-OH is 1. The summed E-state index contributed by atoms with van der Waals surface area (Å²) in [5.74, 6) is 1.07. The van der Waals surface area contributed by atoms with E-state index in [2.05, 4.69) is 15.5 Å². The summed E-state index contributed by atoms with van der Waals surface area (Å²) in [7, 11) is 3.21. The molecule has 0 spiro atoms. The second-order valence-corrected chi connectivity index (χ2v) is 6.53. The smallest absolute Gasteiger partial charge is 0.343 e. The van der Waals surface area contributed by atoms with Gasteiger partial charge in [-0.05, 0) is 37.0 Å². The van der Waals surface area contributed by atoms with Gasteiger partial charge in [-0.2, -0.15) is 5.10 Å². The van der Waals surface area contributed by atoms with Gasteiger partial charge < -0.3 is 15.2 Å². The van der Waals surface area contributed by atoms with Crippen LogP contribution in [0, 0.1) is 11.7 Å². The van der Waals surface area contributed by atoms with Crippen LogP contribution in [0.15, 0.2) is 23.0 Å². The van der Waals surface area contributed by atoms with Crippen LogP contribution in [0.2, 0.25) is 0 Å². The average Bonchev–Trinajstić information content (AvgIpc) is 3.12. The summed E-state index contributed by atoms with van der Waals surface area (Å²) >= 11 is 0. The predicted octanol–water partition coefficient (Wildman–Crippen LogP) is 0.900. The van der Waals surface area contributed by atoms with E-state index in [4.69, 9.17) is 4.74 Å². The molecule has 136 valence electrons. The van der Waals surface area contributed by atoms with Gasteiger partial charge >= 0.3 is 5.69 Å². The number of aromatic amines is 1. The summed E-state index contributed by atoms with van der Waals surface area (Å²) < 4.78 is 20.4. The minimum Gasteiger partial charge on any atom is -0.497 e. The Morgan fingerprint density at radius 2 is 2.28 bits per heavy atom. The topological polar surface area (TPSA) is 92.2 Å². The number of hydrogen-bond acceptors (Lipinski definition) is 5. The van der Waals surface area contributed by atoms with E-state index in [0.717, 1.165) is 6.42 Å². The van der Waals surface area contributed by atoms with Gasteiger partial charge in [0, 0.05) is 31.6 Å². The molecule has 1 saturated carbocycles. The zero-order valence-corrected chi connectivity index (χ0v) is 14.3. The van der Waals surface area contributed by atoms with E-state index in [9.17, 15) is 14.3 Å². The summed E-state index contributed by atoms with van der Waals surface area (Å²) in [4.78, 5) is 11.5. The molecule has 7 nitrogen and oxygen atoms in total. The Labute approximate surface area is 144 Å². The van der Waals surface area contributed by atoms with Crippen LogP contribution in [0.4, 0.5) is 4.39 Å². The van der Waals surface area contributed by atoms with Gasteiger partial charge in [-0.15, -0.1) is 0 Å². The quantitative estimate of drug-likeness (QED) is 0.720. The average molecular weight is 350 g/mol. The molecule has 0 unspecified atom stereocenters. The number of rotatable bonds is 6. The predicted molar refractivity (Wildman–Crippen MR) is 90.0 cm³/mol. The number of hydrogen-bond donors (Lipinski definition) is 3. The zero-order chi connectivity index (χ0) is 18.0. The van der Waals surface area contributed by atoms with Crippen molar-refractivity contribution in [1.29, 1.82) is 0 Å². The van der Waals surface area contributed by atoms with Crippen LogP contribution >= 0.6 is 0 Å². The molecule has 0 saturated heterocycles. The van der Waals surface area contributed by atoms with Crippen LogP contribution in [0.3, 0.4) is 0 Å². The molecule has 0 amide bonds. The molecule has 1 aliphatic rings. The first kappa shape index (κ1) is 17.6. The van der Waals surface area contributed by atoms with Gasteiger partial charge in [-0.1, -0.05) is 0 Å². The lowest BCUT2D eigenvalue weighted by atomic mass is 10.0. The van der Waals surface area contributed by atoms with Crippen LogP contribution in [-0.2, 0) is 13.6 Å². The normalized spacial score (nSPS) is 23.1. The Balaban J connectivity index is 1.57. The molecule has 3 rings (SSSR count). The first-order valence-corrected chi connectivity index (χ1v) is 8.32. The van der Waals surface area contributed by atoms with Crippen molar-refractivity contribution in [3.8, 4) is 5.75 Å². The molecule has 0 radical (unpaired) electrons. The second kappa shape index (κ2) is 7.37. The molecular formula is C17H23FN4O3. The van der Waals surface area contributed by atoms with Gasteiger partial charge in [0.25, 0.3) is 0 Å². The third-order valence-corrected chi connectivity index (χ3v) is 4.91. The third-order valence-electron chi connectivity index (χ3n) is 4.91. The molecule has 3 atom stereocenters. The minimum atomic E-state index is -0.473. The minimum absolute atomic E-state index is 0.0328. The van der Waals surface area contributed by atoms with Crippen LogP contribution in [0.5, 0.6) is 5.75 Å². The largest absolute Gasteiger partial charge is 0.497 e. The maximum Gasteiger partial charge on any atom is 0.343 e. The fourth-order valence-corrected chi connectivity index (χ4v) is 3.46. The van der Waals surface area contributed by atoms with E-state index in [-0.39, 0.29) is 23.3 Å². The fourth-order valence-electron chi connectivity index (χ4n) is 3.46. The van der Waals surface area contributed by atoms with Gasteiger partial charge in [-0.3, -0.25) is 4.57 Å². The van der Waals surface area contributed by atoms with E-state index >= 15 is 0 Å². The number of nitrogens with one attached hydrogen (secondary N) is 2. The van der Waals surface area contributed by atoms with Crippen molar-refractivity contribution in [2.45, 2.75) is 31.4 Å². The van der Waals surface area contributed by atoms with Crippen molar-refractivity contribution in [3.63, 3.8) is 0 Å². The number of ether oxygens (including phenoxy) is 1. The number of methoxy groups -OCH3 is 1. The lowest BCUT2D eigenvalue weighted by Crippen LogP contribution is -2.27. The highest BCUT2D eigenvalue weighted by atomic mass is 19.1. The Hall–Kier alpha value is -2.19. The molecule has 3 N–H and O–H groups in total. The van der Waals surface area contributed by atoms with E-state index in [0.29, 0.717) is 36.6 Å². The van der Waals surface area contributed by atoms with Crippen molar-refractivity contribution in [1.82, 2.24) is 20.1 Å². The number of nitrogens with zero attached hydrogens (tertiary/aromatic N) is 2. The second-order valence-electron chi connectivity index (χ2n) is 6.53. The molecule has 8 heteroatoms. The van der Waals surface area contributed by atoms with E-state index in [1.54, 1.807) is 26.3 Å². The van der Waals surface area contributed by atoms with Crippen molar-refractivity contribution in [2.75, 3.05) is 13.7 Å². The third kappa shape index (κ3) is 3.74. The maximum absolute atomic E-state index is 13.8. The molecule has 1 aliphatic carbocycles. The van der Waals surface area contributed by atoms with Gasteiger partial charge in [0.2, 0.25) is 0 Å². The summed E-state index contributed by atoms with van der Waals surface area (Å²) in [6.45, 7) is 0.921. The van der Waals surface area contributed by atoms with Crippen molar-refractivity contribution >= 4 is 0 Å². The SMILES string of the molecule is COc1ccc(F)c(CNC[C@H]2C[C@H](c3n[nH]c(=O)n3C)C[C@H]2O)c1. The van der Waals surface area contributed by atoms with Crippen LogP contribution < -0.4 is 15.7 Å². The molecule has 1 aromatic heterocycles. The summed E-state index contributed by atoms with van der Waals surface area (Å²) in [5, 5.41) is 20.0. The molecule has 2 aromatic rings. The summed E-state index contributed by atoms with van der Waals surface area (Å²) in [5.41, 5.74) is 0.276. The monoisotopic (exact) mass is 350 g/mol. The number of halogens is 1. The Bertz CT molecular complexity index is 788. The first-order valence-electron chi connectivity index (χ1n) is 8.32. The number of aromatic nitrogens is 3. The van der Waals surface area contributed by atoms with Gasteiger partial charge in [0.15, 0.2) is 0 Å². The highest BCUT2D eigenvalue weighted by Gasteiger charge is 2.35. The van der Waals surface area contributed by atoms with Crippen LogP contribution in [-0.4, -0.2) is 39.6 Å². The molecule has 25 heavy (non-hydrogen) atoms. The molecule has 0 aliphatic heterocycles. The van der Waals surface area contributed by atoms with Gasteiger partial charge in [0.1, 0.15) is 17.4 Å². The van der Waals surface area contributed by atoms with E-state index < -0.39 is 6.10 Å². The molecule has 1 aromatic carbocycles. The highest BCUT2D eigenvalue weighted by Crippen LogP contribution is 2.36. The molecule has 1 fully saturated rings. The fraction of sp³-hybridized carbons (Fsp3) is 0.529. The molecule has 0 bridgehead atoms. The molecule has 1 heterocycles. The number of aliphatic hydroxyl groups is 1. The van der Waals surface area contributed by atoms with E-state index in [1.165, 1.54) is 10.6 Å². The molecular weight excluding hydrogens is 327 g/mol. The first-order chi connectivity index (χ1) is 12.0. The van der Waals surface area contributed by atoms with Gasteiger partial charge in [0.05, 0.1) is 13.2 Å². The summed E-state index contributed by atoms with van der Waals surface area (Å²) in [6.07, 6.45) is 0.824. The van der Waals surface area contributed by atoms with Crippen LogP contribution in [0.1, 0.15) is 30.1 Å². The Morgan fingerprint density at radius 1 is 1.48 bits per heavy atom. The Kier molecular flexibility index (Phi) is 5.19. The maximum atomic E-state index is 13.8. The van der Waals surface area contributed by atoms with E-state index in [1.807, 2.05) is 0 Å². The van der Waals surface area contributed by atoms with Gasteiger partial charge in [-0.25, -0.2) is 14.3 Å². The zero-order valence-electron chi connectivity index (χ0n) is 14.3. The number of benzene rings is 1. The number of H-pyrrole nitrogens is 1. The van der Waals surface area contributed by atoms with Crippen molar-refractivity contribution < 1.29 is 14.2 Å². The standard InChI is InChI=1S/C17H23FN4O3/c1-22-16(20-21-17(22)24)10-5-12(15(23)7-10)9-19-8-11-6-13(25-2)3-4-14(11)18/h3-4,6,10,12,15,19,23H,5,7-9H2,1-2H3,(H,21,24)/t10-,12+,15+/m0/s1. The highest BCUT2D eigenvalue weighted by molar-refractivity contribution is 5.29. The van der Waals surface area contributed by atoms with Crippen molar-refractivity contribution in [2.24, 2.45) is 13.0 Å². The van der Waals surface area contributed by atoms with Crippen molar-refractivity contribution in [3.05, 3.63) is 45.9 Å².